The summed E-state index contributed by atoms with van der Waals surface area (Å²) in [6, 6.07) is 5.72. The Balaban J connectivity index is 0.000000180. The van der Waals surface area contributed by atoms with Crippen molar-refractivity contribution in [3.05, 3.63) is 30.6 Å². The van der Waals surface area contributed by atoms with Crippen molar-refractivity contribution in [2.24, 2.45) is 0 Å². The zero-order valence-electron chi connectivity index (χ0n) is 4.78. The van der Waals surface area contributed by atoms with E-state index < -0.39 is 14.2 Å². The van der Waals surface area contributed by atoms with Crippen molar-refractivity contribution in [2.75, 3.05) is 0 Å². The molecule has 0 aromatic carbocycles. The molecule has 10 heavy (non-hydrogen) atoms. The van der Waals surface area contributed by atoms with Crippen LogP contribution in [0.15, 0.2) is 30.6 Å². The zero-order valence-corrected chi connectivity index (χ0v) is 9.32. The van der Waals surface area contributed by atoms with Gasteiger partial charge >= 0.3 is 42.4 Å². The second-order valence-corrected chi connectivity index (χ2v) is 11.0. The Bertz CT molecular complexity index is 117. The fraction of sp³-hybridized carbons (Fsp3) is 0. The summed E-state index contributed by atoms with van der Waals surface area (Å²) in [4.78, 5) is 3.78. The molecule has 0 N–H and O–H groups in total. The van der Waals surface area contributed by atoms with Crippen LogP contribution in [0.5, 0.6) is 0 Å². The predicted octanol–water partition coefficient (Wildman–Crippen LogP) is 3.15. The van der Waals surface area contributed by atoms with Crippen molar-refractivity contribution in [1.29, 1.82) is 0 Å². The Hall–Kier alpha value is 0.708. The number of hydrogen-bond acceptors (Lipinski definition) is 1. The Morgan fingerprint density at radius 3 is 1.40 bits per heavy atom. The Labute approximate surface area is 77.7 Å². The van der Waals surface area contributed by atoms with E-state index in [0.29, 0.717) is 0 Å². The molecule has 0 aliphatic heterocycles. The molecule has 0 unspecified atom stereocenters. The number of hydrogen-bond donors (Lipinski definition) is 0. The number of rotatable bonds is 0. The predicted molar refractivity (Wildman–Crippen MR) is 41.8 cm³/mol. The van der Waals surface area contributed by atoms with Gasteiger partial charge in [-0.15, -0.1) is 0 Å². The zero-order chi connectivity index (χ0) is 7.82. The summed E-state index contributed by atoms with van der Waals surface area (Å²) < 4.78 is 0. The Morgan fingerprint density at radius 1 is 0.900 bits per heavy atom. The van der Waals surface area contributed by atoms with E-state index in [2.05, 4.69) is 4.98 Å². The third kappa shape index (κ3) is 11.5. The molecule has 0 aliphatic carbocycles. The molecule has 1 rings (SSSR count). The number of aromatic nitrogens is 1. The van der Waals surface area contributed by atoms with Gasteiger partial charge in [0.25, 0.3) is 0 Å². The van der Waals surface area contributed by atoms with Gasteiger partial charge in [0.15, 0.2) is 0 Å². The van der Waals surface area contributed by atoms with E-state index in [-0.39, 0.29) is 0 Å². The summed E-state index contributed by atoms with van der Waals surface area (Å²) >= 11 is -1.85. The van der Waals surface area contributed by atoms with Crippen LogP contribution in [0.4, 0.5) is 0 Å². The second kappa shape index (κ2) is 7.81. The molecule has 1 heterocycles. The molecule has 0 saturated carbocycles. The summed E-state index contributed by atoms with van der Waals surface area (Å²) in [7, 11) is 14.9. The van der Waals surface area contributed by atoms with Gasteiger partial charge in [0, 0.05) is 12.4 Å². The SMILES string of the molecule is [Cl][Pt]([Cl])[Cl].c1ccncc1. The molecule has 0 amide bonds. The fourth-order valence-corrected chi connectivity index (χ4v) is 0.313. The van der Waals surface area contributed by atoms with Crippen LogP contribution in [-0.4, -0.2) is 4.98 Å². The normalized spacial score (nSPS) is 9.30. The van der Waals surface area contributed by atoms with Crippen LogP contribution in [0.1, 0.15) is 0 Å². The average Bonchev–Trinajstić information content (AvgIpc) is 1.90. The third-order valence-corrected chi connectivity index (χ3v) is 0.566. The molecular weight excluding hydrogens is 375 g/mol. The quantitative estimate of drug-likeness (QED) is 0.674. The van der Waals surface area contributed by atoms with Gasteiger partial charge in [0.1, 0.15) is 0 Å². The monoisotopic (exact) mass is 379 g/mol. The third-order valence-electron chi connectivity index (χ3n) is 0.566. The van der Waals surface area contributed by atoms with Crippen molar-refractivity contribution in [2.45, 2.75) is 0 Å². The summed E-state index contributed by atoms with van der Waals surface area (Å²) in [6.07, 6.45) is 3.50. The minimum atomic E-state index is -1.85. The summed E-state index contributed by atoms with van der Waals surface area (Å²) in [5.41, 5.74) is 0. The van der Waals surface area contributed by atoms with Crippen molar-refractivity contribution in [3.63, 3.8) is 0 Å². The largest absolute Gasteiger partial charge is 0.265 e. The first-order chi connectivity index (χ1) is 4.73. The van der Waals surface area contributed by atoms with Crippen LogP contribution in [0.25, 0.3) is 0 Å². The van der Waals surface area contributed by atoms with E-state index in [1.54, 1.807) is 12.4 Å². The number of nitrogens with zero attached hydrogens (tertiary/aromatic N) is 1. The Morgan fingerprint density at radius 2 is 1.30 bits per heavy atom. The first-order valence-corrected chi connectivity index (χ1v) is 10.7. The van der Waals surface area contributed by atoms with E-state index in [9.17, 15) is 0 Å². The number of pyridine rings is 1. The summed E-state index contributed by atoms with van der Waals surface area (Å²) in [5.74, 6) is 0. The van der Waals surface area contributed by atoms with E-state index in [1.807, 2.05) is 18.2 Å². The molecule has 0 spiro atoms. The minimum Gasteiger partial charge on any atom is -0.265 e. The average molecular weight is 381 g/mol. The maximum absolute atomic E-state index is 4.96. The second-order valence-electron chi connectivity index (χ2n) is 1.16. The summed E-state index contributed by atoms with van der Waals surface area (Å²) in [6.45, 7) is 0. The van der Waals surface area contributed by atoms with E-state index in [4.69, 9.17) is 28.3 Å². The molecule has 0 bridgehead atoms. The van der Waals surface area contributed by atoms with Crippen LogP contribution in [0.3, 0.4) is 0 Å². The van der Waals surface area contributed by atoms with Crippen LogP contribution >= 0.6 is 28.3 Å². The first kappa shape index (κ1) is 10.7. The van der Waals surface area contributed by atoms with Crippen LogP contribution < -0.4 is 0 Å². The molecule has 0 fully saturated rings. The van der Waals surface area contributed by atoms with Crippen molar-refractivity contribution >= 4 is 28.3 Å². The van der Waals surface area contributed by atoms with Gasteiger partial charge in [0.05, 0.1) is 0 Å². The van der Waals surface area contributed by atoms with Gasteiger partial charge < -0.3 is 0 Å². The maximum Gasteiger partial charge on any atom is 0.0267 e. The van der Waals surface area contributed by atoms with E-state index >= 15 is 0 Å². The molecule has 61 valence electrons. The van der Waals surface area contributed by atoms with Crippen molar-refractivity contribution in [1.82, 2.24) is 4.98 Å². The van der Waals surface area contributed by atoms with Gasteiger partial charge in [-0.1, -0.05) is 6.07 Å². The Kier molecular flexibility index (Phi) is 8.36. The van der Waals surface area contributed by atoms with E-state index in [1.165, 1.54) is 0 Å². The molecule has 1 aromatic heterocycles. The molecule has 5 heteroatoms. The van der Waals surface area contributed by atoms with Crippen molar-refractivity contribution < 1.29 is 14.2 Å². The number of halogens is 3. The van der Waals surface area contributed by atoms with Crippen molar-refractivity contribution in [3.8, 4) is 0 Å². The molecule has 0 aliphatic rings. The standard InChI is InChI=1S/C5H5N.3ClH.Pt/c1-2-4-6-5-3-1;;;;/h1-5H;3*1H;/q;;;;+3/p-3. The molecular formula is C5H5Cl3NPt. The van der Waals surface area contributed by atoms with Gasteiger partial charge in [-0.25, -0.2) is 0 Å². The first-order valence-electron chi connectivity index (χ1n) is 2.21. The van der Waals surface area contributed by atoms with E-state index in [0.717, 1.165) is 0 Å². The molecule has 0 atom stereocenters. The van der Waals surface area contributed by atoms with Gasteiger partial charge in [-0.2, -0.15) is 0 Å². The molecule has 1 nitrogen and oxygen atoms in total. The smallest absolute Gasteiger partial charge is 0.0267 e. The van der Waals surface area contributed by atoms with Crippen LogP contribution in [0.2, 0.25) is 0 Å². The topological polar surface area (TPSA) is 12.9 Å². The van der Waals surface area contributed by atoms with Crippen LogP contribution in [-0.2, 0) is 14.2 Å². The molecule has 0 saturated heterocycles. The summed E-state index contributed by atoms with van der Waals surface area (Å²) in [5, 5.41) is 0. The van der Waals surface area contributed by atoms with Gasteiger partial charge in [0.2, 0.25) is 0 Å². The molecule has 1 aromatic rings. The molecule has 0 radical (unpaired) electrons. The van der Waals surface area contributed by atoms with Crippen LogP contribution in [0, 0.1) is 0 Å². The minimum absolute atomic E-state index is 1.75. The van der Waals surface area contributed by atoms with Gasteiger partial charge in [-0.05, 0) is 12.1 Å². The van der Waals surface area contributed by atoms with Gasteiger partial charge in [-0.3, -0.25) is 4.98 Å². The maximum atomic E-state index is 4.96. The fourth-order valence-electron chi connectivity index (χ4n) is 0.313.